The average Bonchev–Trinajstić information content (AvgIpc) is 2.60. The zero-order chi connectivity index (χ0) is 15.9. The average molecular weight is 320 g/mol. The van der Waals surface area contributed by atoms with Crippen LogP contribution in [0.15, 0.2) is 0 Å². The molecule has 0 heterocycles. The summed E-state index contributed by atoms with van der Waals surface area (Å²) in [6.45, 7) is 0.203. The molecule has 122 valence electrons. The lowest BCUT2D eigenvalue weighted by atomic mass is 9.90. The van der Waals surface area contributed by atoms with E-state index in [1.165, 1.54) is 0 Å². The van der Waals surface area contributed by atoms with E-state index in [1.807, 2.05) is 0 Å². The summed E-state index contributed by atoms with van der Waals surface area (Å²) in [4.78, 5) is 23.3. The summed E-state index contributed by atoms with van der Waals surface area (Å²) in [6, 6.07) is -0.548. The van der Waals surface area contributed by atoms with Gasteiger partial charge in [-0.15, -0.1) is 0 Å². The Balaban J connectivity index is 2.47. The molecular formula is C13H24N2O5S. The Labute approximate surface area is 125 Å². The van der Waals surface area contributed by atoms with Crippen LogP contribution in [0.5, 0.6) is 0 Å². The number of nitrogens with one attached hydrogen (secondary N) is 2. The van der Waals surface area contributed by atoms with Gasteiger partial charge in [-0.3, -0.25) is 0 Å². The van der Waals surface area contributed by atoms with Crippen molar-refractivity contribution >= 4 is 21.8 Å². The highest BCUT2D eigenvalue weighted by Gasteiger charge is 2.39. The first-order chi connectivity index (χ1) is 9.75. The summed E-state index contributed by atoms with van der Waals surface area (Å²) in [5.74, 6) is -1.01. The topological polar surface area (TPSA) is 113 Å². The van der Waals surface area contributed by atoms with E-state index in [0.29, 0.717) is 19.3 Å². The van der Waals surface area contributed by atoms with Gasteiger partial charge in [0.25, 0.3) is 0 Å². The number of hydrogen-bond acceptors (Lipinski definition) is 4. The van der Waals surface area contributed by atoms with Gasteiger partial charge in [-0.1, -0.05) is 25.7 Å². The molecule has 7 nitrogen and oxygen atoms in total. The van der Waals surface area contributed by atoms with Gasteiger partial charge in [0, 0.05) is 12.8 Å². The Morgan fingerprint density at radius 2 is 1.71 bits per heavy atom. The van der Waals surface area contributed by atoms with E-state index in [9.17, 15) is 23.1 Å². The summed E-state index contributed by atoms with van der Waals surface area (Å²) < 4.78 is 21.9. The lowest BCUT2D eigenvalue weighted by Gasteiger charge is -2.29. The van der Waals surface area contributed by atoms with E-state index >= 15 is 0 Å². The molecule has 1 saturated carbocycles. The fourth-order valence-electron chi connectivity index (χ4n) is 2.52. The highest BCUT2D eigenvalue weighted by Crippen LogP contribution is 2.27. The van der Waals surface area contributed by atoms with Crippen molar-refractivity contribution in [3.05, 3.63) is 0 Å². The molecule has 0 radical (unpaired) electrons. The van der Waals surface area contributed by atoms with E-state index in [-0.39, 0.29) is 12.3 Å². The number of rotatable bonds is 6. The van der Waals surface area contributed by atoms with Gasteiger partial charge in [0.15, 0.2) is 0 Å². The third-order valence-electron chi connectivity index (χ3n) is 3.70. The van der Waals surface area contributed by atoms with Crippen molar-refractivity contribution in [2.75, 3.05) is 18.6 Å². The second-order valence-electron chi connectivity index (χ2n) is 5.67. The Hall–Kier alpha value is -1.31. The molecule has 0 aromatic carbocycles. The molecule has 0 aliphatic heterocycles. The van der Waals surface area contributed by atoms with Gasteiger partial charge in [-0.25, -0.2) is 18.0 Å². The van der Waals surface area contributed by atoms with Gasteiger partial charge in [0.1, 0.15) is 15.4 Å². The molecule has 1 rings (SSSR count). The van der Waals surface area contributed by atoms with Crippen LogP contribution in [-0.4, -0.2) is 49.6 Å². The molecule has 21 heavy (non-hydrogen) atoms. The predicted octanol–water partition coefficient (Wildman–Crippen LogP) is 0.898. The maximum absolute atomic E-state index is 11.8. The van der Waals surface area contributed by atoms with E-state index in [0.717, 1.165) is 31.9 Å². The molecule has 0 aromatic rings. The fraction of sp³-hybridized carbons (Fsp3) is 0.846. The predicted molar refractivity (Wildman–Crippen MR) is 78.9 cm³/mol. The molecule has 0 aromatic heterocycles. The van der Waals surface area contributed by atoms with Gasteiger partial charge in [0.2, 0.25) is 0 Å². The second kappa shape index (κ2) is 7.63. The normalized spacial score (nSPS) is 18.5. The number of hydrogen-bond donors (Lipinski definition) is 3. The van der Waals surface area contributed by atoms with Gasteiger partial charge in [0.05, 0.1) is 5.75 Å². The molecule has 0 spiro atoms. The lowest BCUT2D eigenvalue weighted by molar-refractivity contribution is -0.145. The van der Waals surface area contributed by atoms with E-state index in [1.54, 1.807) is 0 Å². The number of carboxylic acid groups (broad SMARTS) is 1. The van der Waals surface area contributed by atoms with Crippen LogP contribution in [-0.2, 0) is 14.6 Å². The van der Waals surface area contributed by atoms with Crippen LogP contribution in [0.4, 0.5) is 4.79 Å². The summed E-state index contributed by atoms with van der Waals surface area (Å²) in [6.07, 6.45) is 5.82. The third kappa shape index (κ3) is 6.33. The van der Waals surface area contributed by atoms with Crippen LogP contribution >= 0.6 is 0 Å². The largest absolute Gasteiger partial charge is 0.480 e. The molecule has 2 amide bonds. The van der Waals surface area contributed by atoms with Gasteiger partial charge >= 0.3 is 12.0 Å². The number of urea groups is 1. The maximum atomic E-state index is 11.8. The van der Waals surface area contributed by atoms with Crippen molar-refractivity contribution in [3.8, 4) is 0 Å². The van der Waals surface area contributed by atoms with E-state index in [2.05, 4.69) is 10.6 Å². The van der Waals surface area contributed by atoms with Crippen LogP contribution in [0.3, 0.4) is 0 Å². The minimum atomic E-state index is -3.05. The van der Waals surface area contributed by atoms with E-state index < -0.39 is 27.4 Å². The van der Waals surface area contributed by atoms with Crippen LogP contribution in [0.25, 0.3) is 0 Å². The number of amides is 2. The second-order valence-corrected chi connectivity index (χ2v) is 7.93. The van der Waals surface area contributed by atoms with Crippen molar-refractivity contribution < 1.29 is 23.1 Å². The molecular weight excluding hydrogens is 296 g/mol. The summed E-state index contributed by atoms with van der Waals surface area (Å²) in [7, 11) is -3.05. The molecule has 3 N–H and O–H groups in total. The first-order valence-electron chi connectivity index (χ1n) is 7.22. The van der Waals surface area contributed by atoms with Crippen molar-refractivity contribution in [3.63, 3.8) is 0 Å². The highest BCUT2D eigenvalue weighted by atomic mass is 32.2. The summed E-state index contributed by atoms with van der Waals surface area (Å²) >= 11 is 0. The number of carboxylic acids is 1. The van der Waals surface area contributed by atoms with Crippen molar-refractivity contribution in [1.29, 1.82) is 0 Å². The van der Waals surface area contributed by atoms with Crippen molar-refractivity contribution in [2.24, 2.45) is 0 Å². The smallest absolute Gasteiger partial charge is 0.329 e. The number of carbonyl (C=O) groups excluding carboxylic acids is 1. The molecule has 0 unspecified atom stereocenters. The summed E-state index contributed by atoms with van der Waals surface area (Å²) in [5.41, 5.74) is -1.20. The Morgan fingerprint density at radius 3 is 2.19 bits per heavy atom. The molecule has 0 atom stereocenters. The van der Waals surface area contributed by atoms with Gasteiger partial charge in [-0.05, 0) is 19.3 Å². The number of carbonyl (C=O) groups is 2. The van der Waals surface area contributed by atoms with Gasteiger partial charge in [-0.2, -0.15) is 0 Å². The maximum Gasteiger partial charge on any atom is 0.329 e. The van der Waals surface area contributed by atoms with Gasteiger partial charge < -0.3 is 15.7 Å². The minimum absolute atomic E-state index is 0.00263. The molecule has 0 saturated heterocycles. The number of sulfone groups is 1. The lowest BCUT2D eigenvalue weighted by Crippen LogP contribution is -2.57. The minimum Gasteiger partial charge on any atom is -0.480 e. The zero-order valence-electron chi connectivity index (χ0n) is 12.4. The molecule has 0 bridgehead atoms. The third-order valence-corrected chi connectivity index (χ3v) is 4.73. The monoisotopic (exact) mass is 320 g/mol. The first-order valence-corrected chi connectivity index (χ1v) is 9.28. The van der Waals surface area contributed by atoms with Crippen LogP contribution < -0.4 is 10.6 Å². The molecule has 1 aliphatic carbocycles. The first kappa shape index (κ1) is 17.7. The van der Waals surface area contributed by atoms with E-state index in [4.69, 9.17) is 0 Å². The Kier molecular flexibility index (Phi) is 6.44. The Bertz CT molecular complexity index is 467. The van der Waals surface area contributed by atoms with Crippen molar-refractivity contribution in [2.45, 2.75) is 50.5 Å². The van der Waals surface area contributed by atoms with Crippen LogP contribution in [0, 0.1) is 0 Å². The quantitative estimate of drug-likeness (QED) is 0.497. The molecule has 8 heteroatoms. The van der Waals surface area contributed by atoms with Crippen LogP contribution in [0.2, 0.25) is 0 Å². The SMILES string of the molecule is CS(=O)(=O)CCCNC(=O)NC1(C(=O)O)CCCCCC1. The Morgan fingerprint density at radius 1 is 1.14 bits per heavy atom. The number of aliphatic carboxylic acids is 1. The standard InChI is InChI=1S/C13H24N2O5S/c1-21(19,20)10-6-9-14-12(18)15-13(11(16)17)7-4-2-3-5-8-13/h2-10H2,1H3,(H,16,17)(H2,14,15,18). The molecule has 1 fully saturated rings. The van der Waals surface area contributed by atoms with Crippen molar-refractivity contribution in [1.82, 2.24) is 10.6 Å². The summed E-state index contributed by atoms with van der Waals surface area (Å²) in [5, 5.41) is 14.5. The molecule has 1 aliphatic rings. The van der Waals surface area contributed by atoms with Crippen LogP contribution in [0.1, 0.15) is 44.9 Å². The fourth-order valence-corrected chi connectivity index (χ4v) is 3.19. The highest BCUT2D eigenvalue weighted by molar-refractivity contribution is 7.90. The zero-order valence-corrected chi connectivity index (χ0v) is 13.2.